The summed E-state index contributed by atoms with van der Waals surface area (Å²) in [6, 6.07) is 9.99. The van der Waals surface area contributed by atoms with Gasteiger partial charge in [0.25, 0.3) is 0 Å². The Bertz CT molecular complexity index is 682. The van der Waals surface area contributed by atoms with Crippen LogP contribution in [0.25, 0.3) is 0 Å². The minimum absolute atomic E-state index is 0.0200. The fraction of sp³-hybridized carbons (Fsp3) is 0.600. The van der Waals surface area contributed by atoms with E-state index in [1.807, 2.05) is 69.9 Å². The Hall–Kier alpha value is -2.04. The molecule has 5 nitrogen and oxygen atoms in total. The highest BCUT2D eigenvalue weighted by Crippen LogP contribution is 2.57. The fourth-order valence-electron chi connectivity index (χ4n) is 4.01. The summed E-state index contributed by atoms with van der Waals surface area (Å²) < 4.78 is 5.43. The molecule has 1 aliphatic heterocycles. The van der Waals surface area contributed by atoms with E-state index in [4.69, 9.17) is 4.74 Å². The number of amides is 2. The zero-order valence-corrected chi connectivity index (χ0v) is 15.8. The van der Waals surface area contributed by atoms with E-state index in [2.05, 4.69) is 5.32 Å². The number of likely N-dealkylation sites (tertiary alicyclic amines) is 1. The van der Waals surface area contributed by atoms with Crippen LogP contribution in [0.15, 0.2) is 30.3 Å². The normalized spacial score (nSPS) is 29.6. The number of nitrogens with one attached hydrogen (secondary N) is 1. The first-order valence-corrected chi connectivity index (χ1v) is 8.95. The molecule has 1 N–H and O–H groups in total. The summed E-state index contributed by atoms with van der Waals surface area (Å²) in [6.07, 6.45) is 1.15. The van der Waals surface area contributed by atoms with Crippen LogP contribution in [0.1, 0.15) is 59.1 Å². The summed E-state index contributed by atoms with van der Waals surface area (Å²) in [6.45, 7) is 10.1. The van der Waals surface area contributed by atoms with E-state index in [0.29, 0.717) is 6.54 Å². The van der Waals surface area contributed by atoms with Crippen LogP contribution in [-0.4, -0.2) is 34.6 Å². The Morgan fingerprint density at radius 1 is 1.24 bits per heavy atom. The molecule has 0 unspecified atom stereocenters. The molecule has 1 heterocycles. The maximum atomic E-state index is 13.1. The number of carbonyl (C=O) groups excluding carboxylic acids is 2. The van der Waals surface area contributed by atoms with Crippen LogP contribution >= 0.6 is 0 Å². The third-order valence-corrected chi connectivity index (χ3v) is 5.77. The number of alkyl carbamates (subject to hydrolysis) is 1. The molecule has 136 valence electrons. The Morgan fingerprint density at radius 3 is 2.40 bits per heavy atom. The van der Waals surface area contributed by atoms with E-state index in [-0.39, 0.29) is 11.9 Å². The molecule has 1 saturated carbocycles. The smallest absolute Gasteiger partial charge is 0.408 e. The van der Waals surface area contributed by atoms with Crippen molar-refractivity contribution in [1.29, 1.82) is 0 Å². The first-order valence-electron chi connectivity index (χ1n) is 8.95. The van der Waals surface area contributed by atoms with Crippen molar-refractivity contribution >= 4 is 12.0 Å². The largest absolute Gasteiger partial charge is 0.444 e. The lowest BCUT2D eigenvalue weighted by Crippen LogP contribution is -2.66. The van der Waals surface area contributed by atoms with Crippen molar-refractivity contribution in [3.8, 4) is 0 Å². The van der Waals surface area contributed by atoms with Crippen molar-refractivity contribution in [1.82, 2.24) is 10.2 Å². The molecule has 1 aromatic rings. The maximum absolute atomic E-state index is 13.1. The van der Waals surface area contributed by atoms with Crippen LogP contribution in [-0.2, 0) is 9.53 Å². The Labute approximate surface area is 149 Å². The molecule has 25 heavy (non-hydrogen) atoms. The third kappa shape index (κ3) is 2.90. The van der Waals surface area contributed by atoms with Gasteiger partial charge in [0, 0.05) is 6.54 Å². The molecule has 1 aliphatic carbocycles. The van der Waals surface area contributed by atoms with Gasteiger partial charge in [-0.3, -0.25) is 4.79 Å². The van der Waals surface area contributed by atoms with E-state index in [9.17, 15) is 9.59 Å². The number of carbonyl (C=O) groups is 2. The molecule has 1 saturated heterocycles. The van der Waals surface area contributed by atoms with Gasteiger partial charge in [0.1, 0.15) is 5.60 Å². The van der Waals surface area contributed by atoms with Gasteiger partial charge in [0.2, 0.25) is 5.91 Å². The van der Waals surface area contributed by atoms with Crippen LogP contribution in [0.4, 0.5) is 4.79 Å². The number of ether oxygens (including phenoxy) is 1. The Balaban J connectivity index is 1.81. The predicted molar refractivity (Wildman–Crippen MR) is 96.0 cm³/mol. The van der Waals surface area contributed by atoms with Gasteiger partial charge >= 0.3 is 6.09 Å². The van der Waals surface area contributed by atoms with Crippen LogP contribution in [0.3, 0.4) is 0 Å². The molecule has 3 atom stereocenters. The van der Waals surface area contributed by atoms with Crippen LogP contribution in [0, 0.1) is 5.41 Å². The molecular formula is C20H28N2O3. The number of benzene rings is 1. The lowest BCUT2D eigenvalue weighted by molar-refractivity contribution is -0.142. The molecule has 0 radical (unpaired) electrons. The summed E-state index contributed by atoms with van der Waals surface area (Å²) in [5.41, 5.74) is -0.531. The molecule has 0 aromatic heterocycles. The van der Waals surface area contributed by atoms with Crippen LogP contribution < -0.4 is 5.32 Å². The molecule has 2 aliphatic rings. The van der Waals surface area contributed by atoms with Crippen LogP contribution in [0.2, 0.25) is 0 Å². The Morgan fingerprint density at radius 2 is 1.88 bits per heavy atom. The van der Waals surface area contributed by atoms with Crippen molar-refractivity contribution in [3.63, 3.8) is 0 Å². The van der Waals surface area contributed by atoms with Crippen molar-refractivity contribution < 1.29 is 14.3 Å². The molecule has 0 bridgehead atoms. The van der Waals surface area contributed by atoms with Gasteiger partial charge in [-0.2, -0.15) is 0 Å². The Kier molecular flexibility index (Phi) is 4.09. The zero-order chi connectivity index (χ0) is 18.5. The van der Waals surface area contributed by atoms with Gasteiger partial charge in [-0.15, -0.1) is 0 Å². The highest BCUT2D eigenvalue weighted by molar-refractivity contribution is 5.90. The lowest BCUT2D eigenvalue weighted by Gasteiger charge is -2.50. The zero-order valence-electron chi connectivity index (χ0n) is 15.8. The standard InChI is InChI=1S/C20H28N2O3/c1-14(15-9-7-6-8-10-15)22-13-20(12-11-19(20,5)16(22)23)21-17(24)25-18(2,3)4/h6-10,14H,11-13H2,1-5H3,(H,21,24)/t14-,19-,20-/m1/s1. The molecule has 2 amide bonds. The van der Waals surface area contributed by atoms with Crippen LogP contribution in [0.5, 0.6) is 0 Å². The summed E-state index contributed by atoms with van der Waals surface area (Å²) in [4.78, 5) is 27.3. The highest BCUT2D eigenvalue weighted by atomic mass is 16.6. The molecule has 2 fully saturated rings. The SMILES string of the molecule is C[C@H](c1ccccc1)N1C[C@]2(NC(=O)OC(C)(C)C)CC[C@]2(C)C1=O. The summed E-state index contributed by atoms with van der Waals surface area (Å²) in [5.74, 6) is 0.117. The average Bonchev–Trinajstić information content (AvgIpc) is 2.67. The predicted octanol–water partition coefficient (Wildman–Crippen LogP) is 3.65. The van der Waals surface area contributed by atoms with E-state index >= 15 is 0 Å². The maximum Gasteiger partial charge on any atom is 0.408 e. The molecule has 3 rings (SSSR count). The summed E-state index contributed by atoms with van der Waals surface area (Å²) >= 11 is 0. The first-order chi connectivity index (χ1) is 11.6. The second-order valence-electron chi connectivity index (χ2n) is 8.56. The quantitative estimate of drug-likeness (QED) is 0.910. The van der Waals surface area contributed by atoms with Gasteiger partial charge in [-0.25, -0.2) is 4.79 Å². The van der Waals surface area contributed by atoms with Gasteiger partial charge in [-0.1, -0.05) is 30.3 Å². The highest BCUT2D eigenvalue weighted by Gasteiger charge is 2.68. The van der Waals surface area contributed by atoms with Gasteiger partial charge in [0.05, 0.1) is 17.0 Å². The minimum atomic E-state index is -0.555. The average molecular weight is 344 g/mol. The van der Waals surface area contributed by atoms with E-state index in [0.717, 1.165) is 18.4 Å². The number of hydrogen-bond donors (Lipinski definition) is 1. The van der Waals surface area contributed by atoms with E-state index in [1.54, 1.807) is 0 Å². The third-order valence-electron chi connectivity index (χ3n) is 5.77. The second kappa shape index (κ2) is 5.75. The van der Waals surface area contributed by atoms with Gasteiger partial charge in [0.15, 0.2) is 0 Å². The number of hydrogen-bond acceptors (Lipinski definition) is 3. The lowest BCUT2D eigenvalue weighted by atomic mass is 9.57. The molecule has 5 heteroatoms. The number of fused-ring (bicyclic) bond motifs is 1. The molecule has 0 spiro atoms. The van der Waals surface area contributed by atoms with Crippen molar-refractivity contribution in [2.75, 3.05) is 6.54 Å². The fourth-order valence-corrected chi connectivity index (χ4v) is 4.01. The van der Waals surface area contributed by atoms with Crippen molar-refractivity contribution in [2.45, 2.75) is 64.6 Å². The minimum Gasteiger partial charge on any atom is -0.444 e. The van der Waals surface area contributed by atoms with E-state index in [1.165, 1.54) is 0 Å². The molecular weight excluding hydrogens is 316 g/mol. The monoisotopic (exact) mass is 344 g/mol. The van der Waals surface area contributed by atoms with Crippen molar-refractivity contribution in [2.24, 2.45) is 5.41 Å². The summed E-state index contributed by atoms with van der Waals surface area (Å²) in [7, 11) is 0. The van der Waals surface area contributed by atoms with Gasteiger partial charge < -0.3 is 15.0 Å². The molecule has 1 aromatic carbocycles. The van der Waals surface area contributed by atoms with Crippen molar-refractivity contribution in [3.05, 3.63) is 35.9 Å². The first kappa shape index (κ1) is 17.8. The van der Waals surface area contributed by atoms with Gasteiger partial charge in [-0.05, 0) is 53.0 Å². The number of rotatable bonds is 3. The van der Waals surface area contributed by atoms with E-state index < -0.39 is 22.6 Å². The second-order valence-corrected chi connectivity index (χ2v) is 8.56. The topological polar surface area (TPSA) is 58.6 Å². The summed E-state index contributed by atoms with van der Waals surface area (Å²) in [5, 5.41) is 3.03. The number of nitrogens with zero attached hydrogens (tertiary/aromatic N) is 1.